The molecule has 1 saturated heterocycles. The number of hydrogen-bond donors (Lipinski definition) is 1. The quantitative estimate of drug-likeness (QED) is 0.808. The summed E-state index contributed by atoms with van der Waals surface area (Å²) in [7, 11) is 0. The van der Waals surface area contributed by atoms with E-state index >= 15 is 0 Å². The van der Waals surface area contributed by atoms with Crippen LogP contribution in [0.3, 0.4) is 0 Å². The highest BCUT2D eigenvalue weighted by molar-refractivity contribution is 6.00. The van der Waals surface area contributed by atoms with Crippen molar-refractivity contribution in [2.45, 2.75) is 26.3 Å². The number of Topliss-reactive ketones (excluding diaryl/α,β-unsaturated/α-hetero) is 1. The molecule has 0 radical (unpaired) electrons. The van der Waals surface area contributed by atoms with E-state index in [2.05, 4.69) is 10.2 Å². The number of morpholine rings is 1. The molecular formula is C16H24N2O2. The van der Waals surface area contributed by atoms with E-state index < -0.39 is 0 Å². The van der Waals surface area contributed by atoms with Crippen molar-refractivity contribution in [3.63, 3.8) is 0 Å². The predicted molar refractivity (Wildman–Crippen MR) is 81.6 cm³/mol. The van der Waals surface area contributed by atoms with Gasteiger partial charge in [-0.05, 0) is 37.2 Å². The number of nitrogens with zero attached hydrogens (tertiary/aromatic N) is 1. The van der Waals surface area contributed by atoms with Crippen LogP contribution in [-0.2, 0) is 4.74 Å². The molecule has 110 valence electrons. The molecule has 0 aliphatic carbocycles. The summed E-state index contributed by atoms with van der Waals surface area (Å²) >= 11 is 0. The maximum absolute atomic E-state index is 12.4. The lowest BCUT2D eigenvalue weighted by molar-refractivity contribution is 0.0941. The van der Waals surface area contributed by atoms with Crippen molar-refractivity contribution in [2.24, 2.45) is 0 Å². The third-order valence-electron chi connectivity index (χ3n) is 3.70. The standard InChI is InChI=1S/C16H24N2O2/c1-3-15(17-4-2)16(19)13-5-7-14(8-6-13)18-9-11-20-12-10-18/h5-8,15,17H,3-4,9-12H2,1-2H3. The molecule has 0 spiro atoms. The van der Waals surface area contributed by atoms with Crippen LogP contribution in [0.15, 0.2) is 24.3 Å². The van der Waals surface area contributed by atoms with Gasteiger partial charge in [0.1, 0.15) is 0 Å². The van der Waals surface area contributed by atoms with Crippen LogP contribution in [0.25, 0.3) is 0 Å². The second kappa shape index (κ2) is 7.41. The highest BCUT2D eigenvalue weighted by Crippen LogP contribution is 2.17. The highest BCUT2D eigenvalue weighted by Gasteiger charge is 2.17. The second-order valence-electron chi connectivity index (χ2n) is 5.03. The molecule has 0 aromatic heterocycles. The molecule has 0 saturated carbocycles. The average Bonchev–Trinajstić information content (AvgIpc) is 2.53. The average molecular weight is 276 g/mol. The smallest absolute Gasteiger partial charge is 0.179 e. The van der Waals surface area contributed by atoms with E-state index in [-0.39, 0.29) is 11.8 Å². The molecule has 2 rings (SSSR count). The summed E-state index contributed by atoms with van der Waals surface area (Å²) in [4.78, 5) is 14.6. The summed E-state index contributed by atoms with van der Waals surface area (Å²) in [5.74, 6) is 0.183. The van der Waals surface area contributed by atoms with Gasteiger partial charge in [-0.25, -0.2) is 0 Å². The minimum atomic E-state index is -0.0748. The Balaban J connectivity index is 2.05. The summed E-state index contributed by atoms with van der Waals surface area (Å²) in [6, 6.07) is 7.88. The van der Waals surface area contributed by atoms with Gasteiger partial charge >= 0.3 is 0 Å². The molecule has 1 aliphatic rings. The second-order valence-corrected chi connectivity index (χ2v) is 5.03. The van der Waals surface area contributed by atoms with E-state index in [0.29, 0.717) is 0 Å². The highest BCUT2D eigenvalue weighted by atomic mass is 16.5. The van der Waals surface area contributed by atoms with Crippen molar-refractivity contribution in [2.75, 3.05) is 37.7 Å². The van der Waals surface area contributed by atoms with Gasteiger partial charge in [0.25, 0.3) is 0 Å². The van der Waals surface area contributed by atoms with E-state index in [0.717, 1.165) is 44.8 Å². The minimum absolute atomic E-state index is 0.0748. The Bertz CT molecular complexity index is 425. The molecule has 1 N–H and O–H groups in total. The first kappa shape index (κ1) is 15.0. The van der Waals surface area contributed by atoms with Gasteiger partial charge < -0.3 is 15.0 Å². The van der Waals surface area contributed by atoms with Gasteiger partial charge in [-0.15, -0.1) is 0 Å². The molecular weight excluding hydrogens is 252 g/mol. The van der Waals surface area contributed by atoms with Crippen LogP contribution in [0.5, 0.6) is 0 Å². The first-order chi connectivity index (χ1) is 9.76. The number of carbonyl (C=O) groups is 1. The molecule has 4 nitrogen and oxygen atoms in total. The number of ether oxygens (including phenoxy) is 1. The molecule has 1 aromatic carbocycles. The summed E-state index contributed by atoms with van der Waals surface area (Å²) in [5.41, 5.74) is 1.95. The van der Waals surface area contributed by atoms with Crippen LogP contribution in [0, 0.1) is 0 Å². The Kier molecular flexibility index (Phi) is 5.56. The first-order valence-electron chi connectivity index (χ1n) is 7.46. The molecule has 1 fully saturated rings. The van der Waals surface area contributed by atoms with Gasteiger partial charge in [-0.3, -0.25) is 4.79 Å². The van der Waals surface area contributed by atoms with Crippen molar-refractivity contribution in [3.05, 3.63) is 29.8 Å². The van der Waals surface area contributed by atoms with Crippen LogP contribution in [0.2, 0.25) is 0 Å². The fraction of sp³-hybridized carbons (Fsp3) is 0.562. The van der Waals surface area contributed by atoms with E-state index in [9.17, 15) is 4.79 Å². The third-order valence-corrected chi connectivity index (χ3v) is 3.70. The van der Waals surface area contributed by atoms with E-state index in [1.54, 1.807) is 0 Å². The Morgan fingerprint density at radius 2 is 1.90 bits per heavy atom. The van der Waals surface area contributed by atoms with Crippen molar-refractivity contribution in [1.82, 2.24) is 5.32 Å². The zero-order valence-electron chi connectivity index (χ0n) is 12.4. The van der Waals surface area contributed by atoms with Gasteiger partial charge in [-0.1, -0.05) is 13.8 Å². The fourth-order valence-electron chi connectivity index (χ4n) is 2.53. The molecule has 1 heterocycles. The summed E-state index contributed by atoms with van der Waals surface area (Å²) < 4.78 is 5.35. The summed E-state index contributed by atoms with van der Waals surface area (Å²) in [5, 5.41) is 3.23. The first-order valence-corrected chi connectivity index (χ1v) is 7.46. The molecule has 1 aromatic rings. The summed E-state index contributed by atoms with van der Waals surface area (Å²) in [6.07, 6.45) is 0.817. The zero-order chi connectivity index (χ0) is 14.4. The number of likely N-dealkylation sites (N-methyl/N-ethyl adjacent to an activating group) is 1. The molecule has 1 atom stereocenters. The number of carbonyl (C=O) groups excluding carboxylic acids is 1. The van der Waals surface area contributed by atoms with Gasteiger partial charge in [0.15, 0.2) is 5.78 Å². The monoisotopic (exact) mass is 276 g/mol. The van der Waals surface area contributed by atoms with Crippen LogP contribution in [0.4, 0.5) is 5.69 Å². The normalized spacial score (nSPS) is 17.0. The number of benzene rings is 1. The number of rotatable bonds is 6. The van der Waals surface area contributed by atoms with Crippen molar-refractivity contribution < 1.29 is 9.53 Å². The predicted octanol–water partition coefficient (Wildman–Crippen LogP) is 2.09. The van der Waals surface area contributed by atoms with Gasteiger partial charge in [0.2, 0.25) is 0 Å². The molecule has 0 bridgehead atoms. The topological polar surface area (TPSA) is 41.6 Å². The molecule has 1 unspecified atom stereocenters. The lowest BCUT2D eigenvalue weighted by Gasteiger charge is -2.29. The van der Waals surface area contributed by atoms with Gasteiger partial charge in [-0.2, -0.15) is 0 Å². The van der Waals surface area contributed by atoms with E-state index in [4.69, 9.17) is 4.74 Å². The van der Waals surface area contributed by atoms with Crippen LogP contribution < -0.4 is 10.2 Å². The minimum Gasteiger partial charge on any atom is -0.378 e. The fourth-order valence-corrected chi connectivity index (χ4v) is 2.53. The van der Waals surface area contributed by atoms with Crippen LogP contribution >= 0.6 is 0 Å². The molecule has 4 heteroatoms. The molecule has 20 heavy (non-hydrogen) atoms. The largest absolute Gasteiger partial charge is 0.378 e. The number of ketones is 1. The van der Waals surface area contributed by atoms with Crippen LogP contribution in [-0.4, -0.2) is 44.7 Å². The van der Waals surface area contributed by atoms with Crippen molar-refractivity contribution in [1.29, 1.82) is 0 Å². The van der Waals surface area contributed by atoms with Crippen molar-refractivity contribution in [3.8, 4) is 0 Å². The molecule has 0 amide bonds. The maximum Gasteiger partial charge on any atom is 0.179 e. The van der Waals surface area contributed by atoms with Gasteiger partial charge in [0, 0.05) is 24.3 Å². The van der Waals surface area contributed by atoms with Crippen LogP contribution in [0.1, 0.15) is 30.6 Å². The zero-order valence-corrected chi connectivity index (χ0v) is 12.4. The Labute approximate surface area is 121 Å². The van der Waals surface area contributed by atoms with Crippen molar-refractivity contribution >= 4 is 11.5 Å². The molecule has 1 aliphatic heterocycles. The maximum atomic E-state index is 12.4. The Hall–Kier alpha value is -1.39. The lowest BCUT2D eigenvalue weighted by atomic mass is 10.0. The Morgan fingerprint density at radius 3 is 2.45 bits per heavy atom. The SMILES string of the molecule is CCNC(CC)C(=O)c1ccc(N2CCOCC2)cc1. The number of anilines is 1. The lowest BCUT2D eigenvalue weighted by Crippen LogP contribution is -2.37. The van der Waals surface area contributed by atoms with Gasteiger partial charge in [0.05, 0.1) is 19.3 Å². The summed E-state index contributed by atoms with van der Waals surface area (Å²) in [6.45, 7) is 8.27. The third kappa shape index (κ3) is 3.58. The number of hydrogen-bond acceptors (Lipinski definition) is 4. The van der Waals surface area contributed by atoms with E-state index in [1.165, 1.54) is 5.69 Å². The Morgan fingerprint density at radius 1 is 1.25 bits per heavy atom. The van der Waals surface area contributed by atoms with E-state index in [1.807, 2.05) is 38.1 Å². The number of nitrogens with one attached hydrogen (secondary N) is 1.